The van der Waals surface area contributed by atoms with E-state index in [1.807, 2.05) is 30.5 Å². The van der Waals surface area contributed by atoms with E-state index in [0.29, 0.717) is 12.3 Å². The fraction of sp³-hybridized carbons (Fsp3) is 0.200. The summed E-state index contributed by atoms with van der Waals surface area (Å²) in [5, 5.41) is 9.46. The van der Waals surface area contributed by atoms with Crippen LogP contribution >= 0.6 is 11.8 Å². The van der Waals surface area contributed by atoms with Crippen molar-refractivity contribution in [3.8, 4) is 5.75 Å². The fourth-order valence-electron chi connectivity index (χ4n) is 0.988. The molecule has 0 atom stereocenters. The molecule has 1 aromatic rings. The topological polar surface area (TPSA) is 46.2 Å². The highest BCUT2D eigenvalue weighted by Crippen LogP contribution is 2.24. The molecule has 0 saturated heterocycles. The van der Waals surface area contributed by atoms with Crippen molar-refractivity contribution in [2.75, 3.05) is 12.8 Å². The zero-order chi connectivity index (χ0) is 9.68. The molecule has 0 aliphatic heterocycles. The molecule has 13 heavy (non-hydrogen) atoms. The quantitative estimate of drug-likeness (QED) is 0.726. The molecule has 0 amide bonds. The van der Waals surface area contributed by atoms with Gasteiger partial charge in [-0.25, -0.2) is 0 Å². The van der Waals surface area contributed by atoms with Gasteiger partial charge >= 0.3 is 0 Å². The summed E-state index contributed by atoms with van der Waals surface area (Å²) in [5.74, 6) is 0.294. The van der Waals surface area contributed by atoms with Crippen LogP contribution in [0.5, 0.6) is 5.75 Å². The molecule has 0 aromatic heterocycles. The average Bonchev–Trinajstić information content (AvgIpc) is 2.17. The van der Waals surface area contributed by atoms with E-state index in [1.165, 1.54) is 0 Å². The highest BCUT2D eigenvalue weighted by molar-refractivity contribution is 7.98. The number of aromatic hydroxyl groups is 1. The maximum atomic E-state index is 9.46. The van der Waals surface area contributed by atoms with Crippen LogP contribution in [0, 0.1) is 0 Å². The van der Waals surface area contributed by atoms with Crippen LogP contribution < -0.4 is 5.73 Å². The SMILES string of the molecule is CSc1ccc(O)c(/C=C/CN)c1. The first kappa shape index (κ1) is 10.2. The predicted molar refractivity (Wildman–Crippen MR) is 58.0 cm³/mol. The maximum absolute atomic E-state index is 9.46. The normalized spacial score (nSPS) is 10.9. The molecule has 3 N–H and O–H groups in total. The Kier molecular flexibility index (Phi) is 3.86. The molecule has 0 heterocycles. The molecule has 1 aromatic carbocycles. The van der Waals surface area contributed by atoms with Gasteiger partial charge in [0.15, 0.2) is 0 Å². The van der Waals surface area contributed by atoms with Crippen LogP contribution in [-0.4, -0.2) is 17.9 Å². The second-order valence-corrected chi connectivity index (χ2v) is 3.44. The molecule has 0 unspecified atom stereocenters. The lowest BCUT2D eigenvalue weighted by Crippen LogP contribution is -1.92. The van der Waals surface area contributed by atoms with E-state index in [1.54, 1.807) is 17.8 Å². The minimum absolute atomic E-state index is 0.294. The second kappa shape index (κ2) is 4.94. The number of benzene rings is 1. The molecule has 2 nitrogen and oxygen atoms in total. The van der Waals surface area contributed by atoms with Crippen LogP contribution in [0.2, 0.25) is 0 Å². The maximum Gasteiger partial charge on any atom is 0.122 e. The Hall–Kier alpha value is -0.930. The van der Waals surface area contributed by atoms with Gasteiger partial charge in [0.2, 0.25) is 0 Å². The first-order valence-corrected chi connectivity index (χ1v) is 5.24. The van der Waals surface area contributed by atoms with Gasteiger partial charge in [0.05, 0.1) is 0 Å². The van der Waals surface area contributed by atoms with Crippen molar-refractivity contribution < 1.29 is 5.11 Å². The summed E-state index contributed by atoms with van der Waals surface area (Å²) in [6.07, 6.45) is 5.65. The van der Waals surface area contributed by atoms with Crippen LogP contribution in [0.4, 0.5) is 0 Å². The lowest BCUT2D eigenvalue weighted by Gasteiger charge is -2.01. The van der Waals surface area contributed by atoms with Gasteiger partial charge in [0.1, 0.15) is 5.75 Å². The molecular weight excluding hydrogens is 182 g/mol. The second-order valence-electron chi connectivity index (χ2n) is 2.56. The monoisotopic (exact) mass is 195 g/mol. The Balaban J connectivity index is 2.97. The fourth-order valence-corrected chi connectivity index (χ4v) is 1.44. The summed E-state index contributed by atoms with van der Waals surface area (Å²) in [5.41, 5.74) is 6.14. The number of thioether (sulfide) groups is 1. The molecule has 0 radical (unpaired) electrons. The van der Waals surface area contributed by atoms with Crippen LogP contribution in [0.3, 0.4) is 0 Å². The highest BCUT2D eigenvalue weighted by Gasteiger charge is 1.97. The van der Waals surface area contributed by atoms with Crippen molar-refractivity contribution in [2.45, 2.75) is 4.90 Å². The van der Waals surface area contributed by atoms with Crippen LogP contribution in [0.1, 0.15) is 5.56 Å². The highest BCUT2D eigenvalue weighted by atomic mass is 32.2. The molecule has 0 fully saturated rings. The summed E-state index contributed by atoms with van der Waals surface area (Å²) in [4.78, 5) is 1.13. The van der Waals surface area contributed by atoms with E-state index in [9.17, 15) is 5.11 Å². The first-order valence-electron chi connectivity index (χ1n) is 4.01. The van der Waals surface area contributed by atoms with Gasteiger partial charge < -0.3 is 10.8 Å². The largest absolute Gasteiger partial charge is 0.507 e. The minimum Gasteiger partial charge on any atom is -0.507 e. The molecule has 0 saturated carbocycles. The van der Waals surface area contributed by atoms with Crippen molar-refractivity contribution in [2.24, 2.45) is 5.73 Å². The average molecular weight is 195 g/mol. The number of phenolic OH excluding ortho intramolecular Hbond substituents is 1. The van der Waals surface area contributed by atoms with Gasteiger partial charge in [-0.3, -0.25) is 0 Å². The molecular formula is C10H13NOS. The Morgan fingerprint density at radius 1 is 1.54 bits per heavy atom. The molecule has 0 aliphatic rings. The number of hydrogen-bond acceptors (Lipinski definition) is 3. The van der Waals surface area contributed by atoms with Gasteiger partial charge in [-0.1, -0.05) is 12.2 Å². The first-order chi connectivity index (χ1) is 6.27. The van der Waals surface area contributed by atoms with Gasteiger partial charge in [0.25, 0.3) is 0 Å². The molecule has 70 valence electrons. The van der Waals surface area contributed by atoms with Crippen molar-refractivity contribution in [1.29, 1.82) is 0 Å². The molecule has 0 aliphatic carbocycles. The van der Waals surface area contributed by atoms with Crippen molar-refractivity contribution in [1.82, 2.24) is 0 Å². The molecule has 1 rings (SSSR count). The van der Waals surface area contributed by atoms with Crippen LogP contribution in [-0.2, 0) is 0 Å². The third-order valence-corrected chi connectivity index (χ3v) is 2.39. The lowest BCUT2D eigenvalue weighted by molar-refractivity contribution is 0.473. The number of phenols is 1. The standard InChI is InChI=1S/C10H13NOS/c1-13-9-4-5-10(12)8(7-9)3-2-6-11/h2-5,7,12H,6,11H2,1H3/b3-2+. The zero-order valence-corrected chi connectivity index (χ0v) is 8.34. The molecule has 3 heteroatoms. The van der Waals surface area contributed by atoms with Crippen molar-refractivity contribution >= 4 is 17.8 Å². The lowest BCUT2D eigenvalue weighted by atomic mass is 10.2. The van der Waals surface area contributed by atoms with Crippen molar-refractivity contribution in [3.05, 3.63) is 29.8 Å². The number of hydrogen-bond donors (Lipinski definition) is 2. The zero-order valence-electron chi connectivity index (χ0n) is 7.53. The summed E-state index contributed by atoms with van der Waals surface area (Å²) in [6.45, 7) is 0.489. The van der Waals surface area contributed by atoms with Gasteiger partial charge in [-0.05, 0) is 24.5 Å². The van der Waals surface area contributed by atoms with E-state index in [2.05, 4.69) is 0 Å². The predicted octanol–water partition coefficient (Wildman–Crippen LogP) is 2.09. The van der Waals surface area contributed by atoms with Gasteiger partial charge in [-0.2, -0.15) is 0 Å². The van der Waals surface area contributed by atoms with E-state index >= 15 is 0 Å². The van der Waals surface area contributed by atoms with Gasteiger partial charge in [-0.15, -0.1) is 11.8 Å². The number of nitrogens with two attached hydrogens (primary N) is 1. The van der Waals surface area contributed by atoms with Crippen LogP contribution in [0.15, 0.2) is 29.2 Å². The van der Waals surface area contributed by atoms with Crippen molar-refractivity contribution in [3.63, 3.8) is 0 Å². The van der Waals surface area contributed by atoms with E-state index in [0.717, 1.165) is 10.5 Å². The van der Waals surface area contributed by atoms with E-state index in [4.69, 9.17) is 5.73 Å². The van der Waals surface area contributed by atoms with E-state index < -0.39 is 0 Å². The Morgan fingerprint density at radius 2 is 2.31 bits per heavy atom. The van der Waals surface area contributed by atoms with Gasteiger partial charge in [0, 0.05) is 17.0 Å². The summed E-state index contributed by atoms with van der Waals surface area (Å²) < 4.78 is 0. The Labute approximate surface area is 82.5 Å². The van der Waals surface area contributed by atoms with Crippen LogP contribution in [0.25, 0.3) is 6.08 Å². The Morgan fingerprint density at radius 3 is 2.92 bits per heavy atom. The summed E-state index contributed by atoms with van der Waals surface area (Å²) >= 11 is 1.65. The third-order valence-electron chi connectivity index (χ3n) is 1.67. The number of rotatable bonds is 3. The molecule has 0 bridgehead atoms. The smallest absolute Gasteiger partial charge is 0.122 e. The summed E-state index contributed by atoms with van der Waals surface area (Å²) in [7, 11) is 0. The van der Waals surface area contributed by atoms with E-state index in [-0.39, 0.29) is 0 Å². The summed E-state index contributed by atoms with van der Waals surface area (Å²) in [6, 6.07) is 5.52. The molecule has 0 spiro atoms. The minimum atomic E-state index is 0.294. The third kappa shape index (κ3) is 2.79. The Bertz CT molecular complexity index is 310.